The van der Waals surface area contributed by atoms with Crippen LogP contribution in [0.25, 0.3) is 0 Å². The first kappa shape index (κ1) is 10.8. The number of nitrogens with zero attached hydrogens (tertiary/aromatic N) is 1. The first-order chi connectivity index (χ1) is 6.50. The van der Waals surface area contributed by atoms with Gasteiger partial charge in [0.05, 0.1) is 9.82 Å². The van der Waals surface area contributed by atoms with Crippen LogP contribution in [0.5, 0.6) is 0 Å². The number of hydrogen-bond donors (Lipinski definition) is 0. The number of thioether (sulfide) groups is 1. The Hall–Kier alpha value is -1.24. The molecule has 0 saturated heterocycles. The van der Waals surface area contributed by atoms with E-state index in [9.17, 15) is 23.3 Å². The summed E-state index contributed by atoms with van der Waals surface area (Å²) in [6.45, 7) is 0. The Morgan fingerprint density at radius 3 is 2.57 bits per heavy atom. The molecule has 0 unspecified atom stereocenters. The molecule has 0 aliphatic rings. The van der Waals surface area contributed by atoms with Gasteiger partial charge >= 0.3 is 0 Å². The molecule has 1 rings (SSSR count). The number of alkyl halides is 2. The first-order valence-electron chi connectivity index (χ1n) is 3.39. The largest absolute Gasteiger partial charge is 0.289 e. The molecule has 0 aliphatic carbocycles. The van der Waals surface area contributed by atoms with Crippen molar-refractivity contribution in [1.82, 2.24) is 0 Å². The molecule has 0 aliphatic heterocycles. The SMILES string of the molecule is O=[N+]([O-])c1ccc(F)cc1SC(F)F. The molecule has 0 aromatic heterocycles. The predicted molar refractivity (Wildman–Crippen MR) is 44.9 cm³/mol. The summed E-state index contributed by atoms with van der Waals surface area (Å²) in [5.41, 5.74) is -0.517. The maximum Gasteiger partial charge on any atom is 0.289 e. The summed E-state index contributed by atoms with van der Waals surface area (Å²) in [6.07, 6.45) is 0. The average Bonchev–Trinajstić information content (AvgIpc) is 2.01. The predicted octanol–water partition coefficient (Wildman–Crippen LogP) is 3.05. The van der Waals surface area contributed by atoms with Crippen LogP contribution in [-0.2, 0) is 0 Å². The number of benzene rings is 1. The lowest BCUT2D eigenvalue weighted by Crippen LogP contribution is -1.93. The molecular weight excluding hydrogens is 219 g/mol. The lowest BCUT2D eigenvalue weighted by Gasteiger charge is -2.01. The summed E-state index contributed by atoms with van der Waals surface area (Å²) >= 11 is -0.0475. The first-order valence-corrected chi connectivity index (χ1v) is 4.27. The minimum absolute atomic E-state index is 0.0475. The van der Waals surface area contributed by atoms with Crippen LogP contribution in [0.2, 0.25) is 0 Å². The Balaban J connectivity index is 3.09. The third kappa shape index (κ3) is 2.63. The van der Waals surface area contributed by atoms with Gasteiger partial charge in [0.2, 0.25) is 0 Å². The van der Waals surface area contributed by atoms with Gasteiger partial charge in [0, 0.05) is 6.07 Å². The van der Waals surface area contributed by atoms with Crippen molar-refractivity contribution in [1.29, 1.82) is 0 Å². The monoisotopic (exact) mass is 223 g/mol. The van der Waals surface area contributed by atoms with Crippen molar-refractivity contribution in [3.63, 3.8) is 0 Å². The highest BCUT2D eigenvalue weighted by molar-refractivity contribution is 7.99. The minimum atomic E-state index is -2.81. The molecule has 3 nitrogen and oxygen atoms in total. The van der Waals surface area contributed by atoms with E-state index in [-0.39, 0.29) is 16.7 Å². The van der Waals surface area contributed by atoms with Crippen LogP contribution >= 0.6 is 11.8 Å². The van der Waals surface area contributed by atoms with E-state index in [0.29, 0.717) is 0 Å². The van der Waals surface area contributed by atoms with Crippen molar-refractivity contribution in [3.8, 4) is 0 Å². The van der Waals surface area contributed by atoms with Crippen LogP contribution < -0.4 is 0 Å². The second-order valence-electron chi connectivity index (χ2n) is 2.25. The summed E-state index contributed by atoms with van der Waals surface area (Å²) in [4.78, 5) is 9.14. The van der Waals surface area contributed by atoms with Crippen molar-refractivity contribution in [3.05, 3.63) is 34.1 Å². The average molecular weight is 223 g/mol. The van der Waals surface area contributed by atoms with Gasteiger partial charge in [-0.1, -0.05) is 0 Å². The molecule has 76 valence electrons. The van der Waals surface area contributed by atoms with Crippen LogP contribution in [-0.4, -0.2) is 10.7 Å². The number of nitro groups is 1. The number of rotatable bonds is 3. The van der Waals surface area contributed by atoms with Gasteiger partial charge in [-0.05, 0) is 23.9 Å². The normalized spacial score (nSPS) is 10.6. The van der Waals surface area contributed by atoms with Gasteiger partial charge in [-0.15, -0.1) is 0 Å². The third-order valence-corrected chi connectivity index (χ3v) is 2.09. The van der Waals surface area contributed by atoms with Gasteiger partial charge in [-0.2, -0.15) is 8.78 Å². The minimum Gasteiger partial charge on any atom is -0.258 e. The quantitative estimate of drug-likeness (QED) is 0.449. The molecule has 0 radical (unpaired) electrons. The Morgan fingerprint density at radius 2 is 2.07 bits per heavy atom. The second kappa shape index (κ2) is 4.32. The van der Waals surface area contributed by atoms with Gasteiger partial charge < -0.3 is 0 Å². The molecule has 1 aromatic carbocycles. The standard InChI is InChI=1S/C7H4F3NO2S/c8-4-1-2-5(11(12)13)6(3-4)14-7(9)10/h1-3,7H. The molecule has 0 heterocycles. The van der Waals surface area contributed by atoms with Crippen molar-refractivity contribution < 1.29 is 18.1 Å². The molecule has 7 heteroatoms. The lowest BCUT2D eigenvalue weighted by molar-refractivity contribution is -0.387. The maximum atomic E-state index is 12.6. The van der Waals surface area contributed by atoms with Gasteiger partial charge in [0.25, 0.3) is 11.4 Å². The highest BCUT2D eigenvalue weighted by Gasteiger charge is 2.18. The summed E-state index contributed by atoms with van der Waals surface area (Å²) in [6, 6.07) is 2.43. The van der Waals surface area contributed by atoms with Crippen molar-refractivity contribution >= 4 is 17.4 Å². The molecule has 0 amide bonds. The van der Waals surface area contributed by atoms with Crippen molar-refractivity contribution in [2.24, 2.45) is 0 Å². The zero-order valence-electron chi connectivity index (χ0n) is 6.62. The van der Waals surface area contributed by atoms with Gasteiger partial charge in [-0.3, -0.25) is 10.1 Å². The van der Waals surface area contributed by atoms with E-state index in [1.54, 1.807) is 0 Å². The van der Waals surface area contributed by atoms with Crippen LogP contribution in [0.15, 0.2) is 23.1 Å². The third-order valence-electron chi connectivity index (χ3n) is 1.33. The summed E-state index contributed by atoms with van der Waals surface area (Å²) < 4.78 is 36.4. The molecule has 0 spiro atoms. The Bertz CT molecular complexity index is 359. The molecule has 0 saturated carbocycles. The van der Waals surface area contributed by atoms with Crippen molar-refractivity contribution in [2.45, 2.75) is 10.7 Å². The summed E-state index contributed by atoms with van der Waals surface area (Å²) in [5, 5.41) is 10.3. The fraction of sp³-hybridized carbons (Fsp3) is 0.143. The van der Waals surface area contributed by atoms with E-state index < -0.39 is 22.2 Å². The lowest BCUT2D eigenvalue weighted by atomic mass is 10.3. The van der Waals surface area contributed by atoms with Crippen molar-refractivity contribution in [2.75, 3.05) is 0 Å². The van der Waals surface area contributed by atoms with E-state index >= 15 is 0 Å². The molecular formula is C7H4F3NO2S. The van der Waals surface area contributed by atoms with E-state index in [1.165, 1.54) is 0 Å². The Morgan fingerprint density at radius 1 is 1.43 bits per heavy atom. The fourth-order valence-electron chi connectivity index (χ4n) is 0.829. The van der Waals surface area contributed by atoms with E-state index in [0.717, 1.165) is 18.2 Å². The smallest absolute Gasteiger partial charge is 0.258 e. The Labute approximate surface area is 81.1 Å². The fourth-order valence-corrected chi connectivity index (χ4v) is 1.47. The van der Waals surface area contributed by atoms with Gasteiger partial charge in [-0.25, -0.2) is 4.39 Å². The molecule has 0 atom stereocenters. The zero-order valence-corrected chi connectivity index (χ0v) is 7.43. The van der Waals surface area contributed by atoms with E-state index in [2.05, 4.69) is 0 Å². The number of halogens is 3. The second-order valence-corrected chi connectivity index (χ2v) is 3.28. The highest BCUT2D eigenvalue weighted by Crippen LogP contribution is 2.33. The van der Waals surface area contributed by atoms with Crippen LogP contribution in [0.3, 0.4) is 0 Å². The van der Waals surface area contributed by atoms with Gasteiger partial charge in [0.1, 0.15) is 5.82 Å². The van der Waals surface area contributed by atoms with Crippen LogP contribution in [0, 0.1) is 15.9 Å². The van der Waals surface area contributed by atoms with E-state index in [1.807, 2.05) is 0 Å². The summed E-state index contributed by atoms with van der Waals surface area (Å²) in [5.74, 6) is -3.59. The molecule has 1 aromatic rings. The Kier molecular flexibility index (Phi) is 3.34. The molecule has 0 N–H and O–H groups in total. The highest BCUT2D eigenvalue weighted by atomic mass is 32.2. The molecule has 14 heavy (non-hydrogen) atoms. The zero-order chi connectivity index (χ0) is 10.7. The van der Waals surface area contributed by atoms with E-state index in [4.69, 9.17) is 0 Å². The van der Waals surface area contributed by atoms with Gasteiger partial charge in [0.15, 0.2) is 0 Å². The topological polar surface area (TPSA) is 43.1 Å². The molecule has 0 fully saturated rings. The number of nitro benzene ring substituents is 1. The van der Waals surface area contributed by atoms with Crippen LogP contribution in [0.1, 0.15) is 0 Å². The summed E-state index contributed by atoms with van der Waals surface area (Å²) in [7, 11) is 0. The molecule has 0 bridgehead atoms. The maximum absolute atomic E-state index is 12.6. The number of hydrogen-bond acceptors (Lipinski definition) is 3. The van der Waals surface area contributed by atoms with Crippen LogP contribution in [0.4, 0.5) is 18.9 Å².